The van der Waals surface area contributed by atoms with Crippen molar-refractivity contribution in [3.05, 3.63) is 82.8 Å². The van der Waals surface area contributed by atoms with Crippen molar-refractivity contribution in [2.45, 2.75) is 13.8 Å². The number of hydrogen-bond donors (Lipinski definition) is 0. The van der Waals surface area contributed by atoms with Crippen LogP contribution < -0.4 is 0 Å². The number of rotatable bonds is 5. The Hall–Kier alpha value is -3.74. The first-order valence-corrected chi connectivity index (χ1v) is 9.02. The van der Waals surface area contributed by atoms with E-state index < -0.39 is 5.97 Å². The van der Waals surface area contributed by atoms with Crippen LogP contribution >= 0.6 is 0 Å². The van der Waals surface area contributed by atoms with Gasteiger partial charge in [0.05, 0.1) is 25.2 Å². The van der Waals surface area contributed by atoms with Crippen LogP contribution in [-0.2, 0) is 9.53 Å². The minimum Gasteiger partial charge on any atom is -0.464 e. The Kier molecular flexibility index (Phi) is 5.87. The van der Waals surface area contributed by atoms with Gasteiger partial charge in [-0.05, 0) is 49.8 Å². The molecule has 0 aliphatic heterocycles. The summed E-state index contributed by atoms with van der Waals surface area (Å²) in [6, 6.07) is 12.9. The molecule has 29 heavy (non-hydrogen) atoms. The Balaban J connectivity index is 1.92. The van der Waals surface area contributed by atoms with Gasteiger partial charge in [0.1, 0.15) is 5.70 Å². The zero-order valence-electron chi connectivity index (χ0n) is 16.8. The van der Waals surface area contributed by atoms with Gasteiger partial charge in [-0.3, -0.25) is 4.79 Å². The summed E-state index contributed by atoms with van der Waals surface area (Å²) in [5.74, 6) is -0.877. The number of benzene rings is 2. The van der Waals surface area contributed by atoms with Crippen LogP contribution in [0.3, 0.4) is 0 Å². The molecule has 7 nitrogen and oxygen atoms in total. The quantitative estimate of drug-likeness (QED) is 0.494. The summed E-state index contributed by atoms with van der Waals surface area (Å²) in [6.07, 6.45) is 4.95. The second kappa shape index (κ2) is 8.52. The Bertz CT molecular complexity index is 1030. The molecular formula is C22H22N4O3. The number of amides is 1. The van der Waals surface area contributed by atoms with Gasteiger partial charge in [-0.2, -0.15) is 0 Å². The first-order valence-electron chi connectivity index (χ1n) is 9.02. The molecule has 0 aliphatic rings. The van der Waals surface area contributed by atoms with E-state index in [0.717, 1.165) is 22.4 Å². The zero-order valence-corrected chi connectivity index (χ0v) is 16.8. The number of hydrogen-bond acceptors (Lipinski definition) is 5. The lowest BCUT2D eigenvalue weighted by Gasteiger charge is -2.20. The predicted molar refractivity (Wildman–Crippen MR) is 109 cm³/mol. The smallest absolute Gasteiger partial charge is 0.354 e. The van der Waals surface area contributed by atoms with Gasteiger partial charge in [0, 0.05) is 12.6 Å². The number of carbonyl (C=O) groups excluding carboxylic acids is 2. The molecule has 0 N–H and O–H groups in total. The predicted octanol–water partition coefficient (Wildman–Crippen LogP) is 3.17. The van der Waals surface area contributed by atoms with Crippen LogP contribution in [0.5, 0.6) is 0 Å². The molecule has 0 aliphatic carbocycles. The standard InChI is InChI=1S/C22H22N4O3/c1-15-11-16(2)13-18(12-15)21(27)25(3)20(22(28)29-4)14-17-5-7-19(8-6-17)26-10-9-23-24-26/h5-14H,1-4H3. The van der Waals surface area contributed by atoms with Crippen LogP contribution in [0.2, 0.25) is 0 Å². The minimum absolute atomic E-state index is 0.144. The molecule has 0 fully saturated rings. The normalized spacial score (nSPS) is 11.2. The fourth-order valence-electron chi connectivity index (χ4n) is 3.03. The third-order valence-corrected chi connectivity index (χ3v) is 4.41. The second-order valence-electron chi connectivity index (χ2n) is 6.70. The molecule has 0 unspecified atom stereocenters. The molecule has 0 saturated carbocycles. The van der Waals surface area contributed by atoms with E-state index in [2.05, 4.69) is 10.3 Å². The maximum atomic E-state index is 13.0. The lowest BCUT2D eigenvalue weighted by molar-refractivity contribution is -0.137. The molecule has 7 heteroatoms. The van der Waals surface area contributed by atoms with E-state index in [1.165, 1.54) is 12.0 Å². The molecule has 2 aromatic carbocycles. The molecule has 0 bridgehead atoms. The molecule has 0 atom stereocenters. The Morgan fingerprint density at radius 1 is 1.07 bits per heavy atom. The fraction of sp³-hybridized carbons (Fsp3) is 0.182. The van der Waals surface area contributed by atoms with Gasteiger partial charge in [0.25, 0.3) is 5.91 Å². The summed E-state index contributed by atoms with van der Waals surface area (Å²) >= 11 is 0. The van der Waals surface area contributed by atoms with Crippen LogP contribution in [0.4, 0.5) is 0 Å². The molecule has 1 heterocycles. The van der Waals surface area contributed by atoms with Crippen LogP contribution in [0.25, 0.3) is 11.8 Å². The van der Waals surface area contributed by atoms with Gasteiger partial charge in [-0.15, -0.1) is 5.10 Å². The third-order valence-electron chi connectivity index (χ3n) is 4.41. The van der Waals surface area contributed by atoms with Gasteiger partial charge in [0.2, 0.25) is 0 Å². The molecule has 1 aromatic heterocycles. The summed E-state index contributed by atoms with van der Waals surface area (Å²) < 4.78 is 6.53. The lowest BCUT2D eigenvalue weighted by Crippen LogP contribution is -2.30. The fourth-order valence-corrected chi connectivity index (χ4v) is 3.03. The molecule has 1 amide bonds. The first-order chi connectivity index (χ1) is 13.9. The van der Waals surface area contributed by atoms with Crippen molar-refractivity contribution in [2.75, 3.05) is 14.2 Å². The Morgan fingerprint density at radius 2 is 1.72 bits per heavy atom. The number of nitrogens with zero attached hydrogens (tertiary/aromatic N) is 4. The summed E-state index contributed by atoms with van der Waals surface area (Å²) in [6.45, 7) is 3.86. The van der Waals surface area contributed by atoms with E-state index in [1.54, 1.807) is 42.3 Å². The SMILES string of the molecule is COC(=O)C(=Cc1ccc(-n2ccnn2)cc1)N(C)C(=O)c1cc(C)cc(C)c1. The van der Waals surface area contributed by atoms with Gasteiger partial charge in [-0.1, -0.05) is 34.5 Å². The lowest BCUT2D eigenvalue weighted by atomic mass is 10.1. The van der Waals surface area contributed by atoms with E-state index in [-0.39, 0.29) is 11.6 Å². The van der Waals surface area contributed by atoms with Crippen molar-refractivity contribution in [2.24, 2.45) is 0 Å². The van der Waals surface area contributed by atoms with Crippen molar-refractivity contribution in [3.8, 4) is 5.69 Å². The Labute approximate surface area is 169 Å². The number of methoxy groups -OCH3 is 1. The van der Waals surface area contributed by atoms with Gasteiger partial charge in [0.15, 0.2) is 0 Å². The number of aromatic nitrogens is 3. The van der Waals surface area contributed by atoms with E-state index in [0.29, 0.717) is 5.56 Å². The molecule has 0 radical (unpaired) electrons. The van der Waals surface area contributed by atoms with Crippen molar-refractivity contribution in [1.29, 1.82) is 0 Å². The largest absolute Gasteiger partial charge is 0.464 e. The van der Waals surface area contributed by atoms with Crippen LogP contribution in [0.1, 0.15) is 27.0 Å². The maximum absolute atomic E-state index is 13.0. The average molecular weight is 390 g/mol. The molecular weight excluding hydrogens is 368 g/mol. The van der Waals surface area contributed by atoms with Gasteiger partial charge < -0.3 is 9.64 Å². The van der Waals surface area contributed by atoms with E-state index >= 15 is 0 Å². The minimum atomic E-state index is -0.592. The van der Waals surface area contributed by atoms with Crippen LogP contribution in [0, 0.1) is 13.8 Å². The summed E-state index contributed by atoms with van der Waals surface area (Å²) in [4.78, 5) is 26.7. The highest BCUT2D eigenvalue weighted by molar-refractivity contribution is 6.03. The van der Waals surface area contributed by atoms with Crippen molar-refractivity contribution >= 4 is 18.0 Å². The third kappa shape index (κ3) is 4.57. The first kappa shape index (κ1) is 20.0. The molecule has 3 aromatic rings. The highest BCUT2D eigenvalue weighted by Crippen LogP contribution is 2.18. The van der Waals surface area contributed by atoms with Crippen LogP contribution in [0.15, 0.2) is 60.6 Å². The zero-order chi connectivity index (χ0) is 21.0. The summed E-state index contributed by atoms with van der Waals surface area (Å²) in [5, 5.41) is 7.73. The van der Waals surface area contributed by atoms with E-state index in [4.69, 9.17) is 4.74 Å². The second-order valence-corrected chi connectivity index (χ2v) is 6.70. The summed E-state index contributed by atoms with van der Waals surface area (Å²) in [5.41, 5.74) is 4.20. The highest BCUT2D eigenvalue weighted by Gasteiger charge is 2.22. The topological polar surface area (TPSA) is 77.3 Å². The van der Waals surface area contributed by atoms with Crippen LogP contribution in [-0.4, -0.2) is 45.9 Å². The molecule has 0 spiro atoms. The monoisotopic (exact) mass is 390 g/mol. The number of esters is 1. The van der Waals surface area contributed by atoms with E-state index in [9.17, 15) is 9.59 Å². The highest BCUT2D eigenvalue weighted by atomic mass is 16.5. The molecule has 3 rings (SSSR count). The maximum Gasteiger partial charge on any atom is 0.354 e. The van der Waals surface area contributed by atoms with Crippen molar-refractivity contribution in [3.63, 3.8) is 0 Å². The molecule has 0 saturated heterocycles. The van der Waals surface area contributed by atoms with Gasteiger partial charge >= 0.3 is 5.97 Å². The van der Waals surface area contributed by atoms with Crippen molar-refractivity contribution in [1.82, 2.24) is 19.9 Å². The summed E-state index contributed by atoms with van der Waals surface area (Å²) in [7, 11) is 2.85. The number of ether oxygens (including phenoxy) is 1. The number of aryl methyl sites for hydroxylation is 2. The van der Waals surface area contributed by atoms with Gasteiger partial charge in [-0.25, -0.2) is 9.48 Å². The number of carbonyl (C=O) groups is 2. The van der Waals surface area contributed by atoms with Crippen molar-refractivity contribution < 1.29 is 14.3 Å². The number of likely N-dealkylation sites (N-methyl/N-ethyl adjacent to an activating group) is 1. The average Bonchev–Trinajstić information content (AvgIpc) is 3.25. The molecule has 148 valence electrons. The van der Waals surface area contributed by atoms with E-state index in [1.807, 2.05) is 44.2 Å². The Morgan fingerprint density at radius 3 is 2.28 bits per heavy atom.